The van der Waals surface area contributed by atoms with Gasteiger partial charge in [0.1, 0.15) is 0 Å². The highest BCUT2D eigenvalue weighted by Crippen LogP contribution is 2.23. The molecule has 2 bridgehead atoms. The number of methoxy groups -OCH3 is 1. The predicted octanol–water partition coefficient (Wildman–Crippen LogP) is 2.34. The lowest BCUT2D eigenvalue weighted by molar-refractivity contribution is -0.137. The van der Waals surface area contributed by atoms with Crippen LogP contribution in [0.5, 0.6) is 0 Å². The Bertz CT molecular complexity index is 701. The van der Waals surface area contributed by atoms with Crippen molar-refractivity contribution in [2.24, 2.45) is 0 Å². The first-order valence-electron chi connectivity index (χ1n) is 12.3. The van der Waals surface area contributed by atoms with Crippen molar-refractivity contribution < 1.29 is 9.53 Å². The number of hydrogen-bond acceptors (Lipinski definition) is 8. The molecule has 0 spiro atoms. The number of hydrogen-bond donors (Lipinski definition) is 4. The predicted molar refractivity (Wildman–Crippen MR) is 129 cm³/mol. The summed E-state index contributed by atoms with van der Waals surface area (Å²) in [5.41, 5.74) is 2.10. The fraction of sp³-hybridized carbons (Fsp3) is 0.750. The van der Waals surface area contributed by atoms with Crippen LogP contribution in [0.15, 0.2) is 17.0 Å². The number of carbonyl (C=O) groups excluding carboxylic acids is 1. The lowest BCUT2D eigenvalue weighted by Gasteiger charge is -2.34. The maximum absolute atomic E-state index is 11.7. The number of fused-ring (bicyclic) bond motifs is 4. The van der Waals surface area contributed by atoms with Gasteiger partial charge in [-0.15, -0.1) is 11.8 Å². The normalized spacial score (nSPS) is 29.7. The van der Waals surface area contributed by atoms with Gasteiger partial charge in [0, 0.05) is 55.2 Å². The van der Waals surface area contributed by atoms with Crippen LogP contribution in [-0.4, -0.2) is 61.1 Å². The van der Waals surface area contributed by atoms with E-state index in [1.165, 1.54) is 70.2 Å². The Morgan fingerprint density at radius 3 is 1.81 bits per heavy atom. The Kier molecular flexibility index (Phi) is 9.22. The van der Waals surface area contributed by atoms with E-state index < -0.39 is 0 Å². The Labute approximate surface area is 196 Å². The van der Waals surface area contributed by atoms with E-state index in [1.807, 2.05) is 0 Å². The minimum Gasteiger partial charge on any atom is -0.468 e. The van der Waals surface area contributed by atoms with Crippen molar-refractivity contribution >= 4 is 17.7 Å². The third-order valence-electron chi connectivity index (χ3n) is 7.05. The third kappa shape index (κ3) is 6.90. The third-order valence-corrected chi connectivity index (χ3v) is 8.00. The molecule has 2 unspecified atom stereocenters. The van der Waals surface area contributed by atoms with Gasteiger partial charge in [-0.05, 0) is 37.8 Å². The number of carbonyl (C=O) groups is 1. The van der Waals surface area contributed by atoms with Crippen molar-refractivity contribution in [2.45, 2.75) is 93.5 Å². The highest BCUT2D eigenvalue weighted by atomic mass is 32.2. The van der Waals surface area contributed by atoms with Crippen LogP contribution in [0.2, 0.25) is 0 Å². The van der Waals surface area contributed by atoms with Gasteiger partial charge in [0.2, 0.25) is 0 Å². The minimum atomic E-state index is -0.197. The van der Waals surface area contributed by atoms with Crippen LogP contribution in [0, 0.1) is 0 Å². The number of aromatic nitrogens is 1. The fourth-order valence-electron chi connectivity index (χ4n) is 5.31. The van der Waals surface area contributed by atoms with E-state index in [1.54, 1.807) is 0 Å². The molecule has 4 atom stereocenters. The maximum Gasteiger partial charge on any atom is 0.315 e. The number of esters is 1. The van der Waals surface area contributed by atoms with Gasteiger partial charge >= 0.3 is 5.97 Å². The summed E-state index contributed by atoms with van der Waals surface area (Å²) in [6.07, 6.45) is 10.1. The fourth-order valence-corrected chi connectivity index (χ4v) is 6.15. The average molecular weight is 462 g/mol. The quantitative estimate of drug-likeness (QED) is 0.403. The highest BCUT2D eigenvalue weighted by Gasteiger charge is 2.27. The van der Waals surface area contributed by atoms with Gasteiger partial charge in [0.15, 0.2) is 0 Å². The molecule has 0 saturated heterocycles. The first kappa shape index (κ1) is 24.0. The summed E-state index contributed by atoms with van der Waals surface area (Å²) < 4.78 is 4.83. The molecule has 1 aromatic heterocycles. The van der Waals surface area contributed by atoms with Gasteiger partial charge in [-0.2, -0.15) is 0 Å². The molecule has 0 aromatic carbocycles. The molecule has 178 valence electrons. The molecule has 0 amide bonds. The number of ether oxygens (including phenoxy) is 1. The van der Waals surface area contributed by atoms with Crippen molar-refractivity contribution in [3.8, 4) is 0 Å². The van der Waals surface area contributed by atoms with Gasteiger partial charge in [0.05, 0.1) is 24.3 Å². The topological polar surface area (TPSA) is 87.3 Å². The smallest absolute Gasteiger partial charge is 0.315 e. The van der Waals surface area contributed by atoms with Crippen LogP contribution in [-0.2, 0) is 22.6 Å². The molecule has 8 heteroatoms. The molecule has 4 N–H and O–H groups in total. The zero-order valence-corrected chi connectivity index (χ0v) is 20.1. The SMILES string of the molecule is COC(=O)CSc1cc2nc(c1)CN[C@H]1CCCC[C@H]1NCCNC1CCCCC1NC2. The van der Waals surface area contributed by atoms with Gasteiger partial charge in [-0.25, -0.2) is 0 Å². The largest absolute Gasteiger partial charge is 0.468 e. The Morgan fingerprint density at radius 1 is 0.875 bits per heavy atom. The lowest BCUT2D eigenvalue weighted by Crippen LogP contribution is -2.53. The van der Waals surface area contributed by atoms with E-state index in [9.17, 15) is 4.79 Å². The first-order chi connectivity index (χ1) is 15.7. The Morgan fingerprint density at radius 2 is 1.34 bits per heavy atom. The summed E-state index contributed by atoms with van der Waals surface area (Å²) in [6, 6.07) is 6.24. The molecular formula is C24H39N5O2S. The molecule has 3 aliphatic rings. The van der Waals surface area contributed by atoms with Gasteiger partial charge in [0.25, 0.3) is 0 Å². The molecule has 0 radical (unpaired) electrons. The van der Waals surface area contributed by atoms with Crippen molar-refractivity contribution in [1.82, 2.24) is 26.3 Å². The number of nitrogens with zero attached hydrogens (tertiary/aromatic N) is 1. The summed E-state index contributed by atoms with van der Waals surface area (Å²) in [4.78, 5) is 17.7. The Hall–Kier alpha value is -1.19. The Balaban J connectivity index is 1.52. The van der Waals surface area contributed by atoms with Crippen LogP contribution < -0.4 is 21.3 Å². The summed E-state index contributed by atoms with van der Waals surface area (Å²) in [5, 5.41) is 15.2. The number of pyridine rings is 1. The van der Waals surface area contributed by atoms with E-state index in [2.05, 4.69) is 33.4 Å². The molecule has 1 aliphatic heterocycles. The van der Waals surface area contributed by atoms with Gasteiger partial charge < -0.3 is 26.0 Å². The molecule has 2 aliphatic carbocycles. The first-order valence-corrected chi connectivity index (χ1v) is 13.3. The molecule has 1 aromatic rings. The van der Waals surface area contributed by atoms with Crippen LogP contribution in [0.4, 0.5) is 0 Å². The van der Waals surface area contributed by atoms with E-state index in [0.717, 1.165) is 42.5 Å². The van der Waals surface area contributed by atoms with E-state index in [0.29, 0.717) is 29.9 Å². The van der Waals surface area contributed by atoms with Crippen LogP contribution in [0.1, 0.15) is 62.8 Å². The van der Waals surface area contributed by atoms with Crippen molar-refractivity contribution in [1.29, 1.82) is 0 Å². The summed E-state index contributed by atoms with van der Waals surface area (Å²) in [7, 11) is 1.44. The summed E-state index contributed by atoms with van der Waals surface area (Å²) in [6.45, 7) is 3.55. The van der Waals surface area contributed by atoms with E-state index in [-0.39, 0.29) is 5.97 Å². The van der Waals surface area contributed by atoms with Crippen molar-refractivity contribution in [2.75, 3.05) is 26.0 Å². The highest BCUT2D eigenvalue weighted by molar-refractivity contribution is 8.00. The second kappa shape index (κ2) is 12.3. The van der Waals surface area contributed by atoms with Crippen LogP contribution in [0.25, 0.3) is 0 Å². The van der Waals surface area contributed by atoms with Crippen LogP contribution in [0.3, 0.4) is 0 Å². The molecule has 32 heavy (non-hydrogen) atoms. The van der Waals surface area contributed by atoms with Crippen molar-refractivity contribution in [3.05, 3.63) is 23.5 Å². The van der Waals surface area contributed by atoms with E-state index in [4.69, 9.17) is 9.72 Å². The number of rotatable bonds is 3. The molecule has 7 nitrogen and oxygen atoms in total. The van der Waals surface area contributed by atoms with Gasteiger partial charge in [-0.3, -0.25) is 9.78 Å². The monoisotopic (exact) mass is 461 g/mol. The molecule has 4 rings (SSSR count). The second-order valence-corrected chi connectivity index (χ2v) is 10.4. The van der Waals surface area contributed by atoms with Crippen LogP contribution >= 0.6 is 11.8 Å². The molecule has 2 fully saturated rings. The molecule has 2 saturated carbocycles. The number of nitrogens with one attached hydrogen (secondary N) is 4. The zero-order valence-electron chi connectivity index (χ0n) is 19.3. The van der Waals surface area contributed by atoms with E-state index >= 15 is 0 Å². The van der Waals surface area contributed by atoms with Gasteiger partial charge in [-0.1, -0.05) is 25.7 Å². The maximum atomic E-state index is 11.7. The minimum absolute atomic E-state index is 0.197. The zero-order chi connectivity index (χ0) is 22.2. The summed E-state index contributed by atoms with van der Waals surface area (Å²) in [5.74, 6) is 0.125. The van der Waals surface area contributed by atoms with Crippen molar-refractivity contribution in [3.63, 3.8) is 0 Å². The molecular weight excluding hydrogens is 422 g/mol. The standard InChI is InChI=1S/C24H39N5O2S/c1-31-24(30)16-32-19-12-17-14-27-22-8-4-2-6-20(22)25-10-11-26-21-7-3-5-9-23(21)28-15-18(13-19)29-17/h12-13,20-23,25-28H,2-11,14-16H2,1H3/t20-,21?,22+,23?/m1/s1. The average Bonchev–Trinajstić information content (AvgIpc) is 2.83. The second-order valence-electron chi connectivity index (χ2n) is 9.32. The molecule has 2 heterocycles. The number of thioether (sulfide) groups is 1. The summed E-state index contributed by atoms with van der Waals surface area (Å²) >= 11 is 1.53. The lowest BCUT2D eigenvalue weighted by atomic mass is 9.89.